The first kappa shape index (κ1) is 22.8. The first-order chi connectivity index (χ1) is 16.1. The van der Waals surface area contributed by atoms with Gasteiger partial charge < -0.3 is 9.47 Å². The number of ether oxygens (including phenoxy) is 2. The van der Waals surface area contributed by atoms with E-state index in [0.717, 1.165) is 25.7 Å². The van der Waals surface area contributed by atoms with Crippen molar-refractivity contribution < 1.29 is 18.7 Å². The summed E-state index contributed by atoms with van der Waals surface area (Å²) in [4.78, 5) is 16.6. The Bertz CT molecular complexity index is 1240. The van der Waals surface area contributed by atoms with Crippen LogP contribution in [-0.2, 0) is 11.4 Å². The topological polar surface area (TPSA) is 72.8 Å². The Balaban J connectivity index is 1.28. The average Bonchev–Trinajstić information content (AvgIpc) is 3.26. The van der Waals surface area contributed by atoms with Crippen molar-refractivity contribution >= 4 is 45.4 Å². The number of hydrazone groups is 1. The van der Waals surface area contributed by atoms with Gasteiger partial charge in [-0.1, -0.05) is 36.0 Å². The molecule has 0 fully saturated rings. The van der Waals surface area contributed by atoms with Gasteiger partial charge in [-0.25, -0.2) is 14.8 Å². The number of carbonyl (C=O) groups excluding carboxylic acids is 1. The van der Waals surface area contributed by atoms with E-state index in [2.05, 4.69) is 15.5 Å². The maximum absolute atomic E-state index is 13.0. The van der Waals surface area contributed by atoms with Crippen LogP contribution in [0.2, 0.25) is 0 Å². The molecule has 0 unspecified atom stereocenters. The number of aromatic nitrogens is 1. The number of benzene rings is 3. The number of thioether (sulfide) groups is 1. The highest BCUT2D eigenvalue weighted by Crippen LogP contribution is 2.29. The zero-order chi connectivity index (χ0) is 23.0. The fourth-order valence-electron chi connectivity index (χ4n) is 2.88. The number of rotatable bonds is 9. The van der Waals surface area contributed by atoms with Gasteiger partial charge in [-0.3, -0.25) is 4.79 Å². The summed E-state index contributed by atoms with van der Waals surface area (Å²) in [5, 5.41) is 4.02. The Hall–Kier alpha value is -3.43. The van der Waals surface area contributed by atoms with Crippen LogP contribution < -0.4 is 14.9 Å². The van der Waals surface area contributed by atoms with Crippen molar-refractivity contribution in [2.75, 3.05) is 12.9 Å². The summed E-state index contributed by atoms with van der Waals surface area (Å²) in [6.07, 6.45) is 1.53. The Morgan fingerprint density at radius 2 is 1.97 bits per heavy atom. The van der Waals surface area contributed by atoms with Crippen LogP contribution in [0.3, 0.4) is 0 Å². The molecular formula is C24H20FN3O3S2. The van der Waals surface area contributed by atoms with Gasteiger partial charge in [-0.05, 0) is 53.6 Å². The van der Waals surface area contributed by atoms with Crippen LogP contribution in [0, 0.1) is 5.82 Å². The van der Waals surface area contributed by atoms with Gasteiger partial charge in [0, 0.05) is 0 Å². The van der Waals surface area contributed by atoms with Crippen LogP contribution in [0.1, 0.15) is 11.1 Å². The molecule has 6 nitrogen and oxygen atoms in total. The smallest absolute Gasteiger partial charge is 0.250 e. The molecule has 1 heterocycles. The van der Waals surface area contributed by atoms with E-state index < -0.39 is 0 Å². The van der Waals surface area contributed by atoms with E-state index in [1.807, 2.05) is 24.3 Å². The lowest BCUT2D eigenvalue weighted by molar-refractivity contribution is -0.118. The molecule has 33 heavy (non-hydrogen) atoms. The predicted octanol–water partition coefficient (Wildman–Crippen LogP) is 5.27. The fourth-order valence-corrected chi connectivity index (χ4v) is 4.74. The number of thiazole rings is 1. The Morgan fingerprint density at radius 3 is 2.76 bits per heavy atom. The minimum absolute atomic E-state index is 0.219. The molecule has 0 aliphatic heterocycles. The minimum atomic E-state index is -0.289. The van der Waals surface area contributed by atoms with Gasteiger partial charge in [-0.15, -0.1) is 11.3 Å². The molecule has 3 aromatic carbocycles. The van der Waals surface area contributed by atoms with E-state index in [1.54, 1.807) is 48.8 Å². The molecule has 0 spiro atoms. The average molecular weight is 482 g/mol. The second-order valence-corrected chi connectivity index (χ2v) is 9.11. The Morgan fingerprint density at radius 1 is 1.15 bits per heavy atom. The molecule has 0 atom stereocenters. The summed E-state index contributed by atoms with van der Waals surface area (Å²) in [5.74, 6) is 0.787. The number of para-hydroxylation sites is 1. The minimum Gasteiger partial charge on any atom is -0.493 e. The van der Waals surface area contributed by atoms with Crippen molar-refractivity contribution in [1.82, 2.24) is 10.4 Å². The highest BCUT2D eigenvalue weighted by atomic mass is 32.2. The lowest BCUT2D eigenvalue weighted by Crippen LogP contribution is -2.19. The summed E-state index contributed by atoms with van der Waals surface area (Å²) in [7, 11) is 1.54. The summed E-state index contributed by atoms with van der Waals surface area (Å²) in [6.45, 7) is 0.284. The lowest BCUT2D eigenvalue weighted by Gasteiger charge is -2.11. The van der Waals surface area contributed by atoms with E-state index in [4.69, 9.17) is 9.47 Å². The third-order valence-electron chi connectivity index (χ3n) is 4.50. The molecule has 1 N–H and O–H groups in total. The SMILES string of the molecule is COc1cc(/C=N/NC(=O)CSc2nc3ccccc3s2)ccc1OCc1ccc(F)cc1. The van der Waals surface area contributed by atoms with E-state index >= 15 is 0 Å². The standard InChI is InChI=1S/C24H20FN3O3S2/c1-30-21-12-17(8-11-20(21)31-14-16-6-9-18(25)10-7-16)13-26-28-23(29)15-32-24-27-19-4-2-3-5-22(19)33-24/h2-13H,14-15H2,1H3,(H,28,29)/b26-13+. The first-order valence-corrected chi connectivity index (χ1v) is 11.8. The van der Waals surface area contributed by atoms with E-state index in [1.165, 1.54) is 30.1 Å². The van der Waals surface area contributed by atoms with Crippen molar-refractivity contribution in [3.8, 4) is 11.5 Å². The fraction of sp³-hybridized carbons (Fsp3) is 0.125. The van der Waals surface area contributed by atoms with Crippen molar-refractivity contribution in [2.24, 2.45) is 5.10 Å². The summed E-state index contributed by atoms with van der Waals surface area (Å²) in [6, 6.07) is 19.3. The Kier molecular flexibility index (Phi) is 7.54. The zero-order valence-electron chi connectivity index (χ0n) is 17.7. The van der Waals surface area contributed by atoms with Crippen LogP contribution in [0.5, 0.6) is 11.5 Å². The number of hydrogen-bond donors (Lipinski definition) is 1. The van der Waals surface area contributed by atoms with Crippen molar-refractivity contribution in [3.63, 3.8) is 0 Å². The molecule has 0 aliphatic rings. The van der Waals surface area contributed by atoms with Crippen LogP contribution >= 0.6 is 23.1 Å². The number of fused-ring (bicyclic) bond motifs is 1. The number of methoxy groups -OCH3 is 1. The summed E-state index contributed by atoms with van der Waals surface area (Å²) in [5.41, 5.74) is 5.03. The Labute approximate surface area is 198 Å². The van der Waals surface area contributed by atoms with Crippen molar-refractivity contribution in [3.05, 3.63) is 83.7 Å². The largest absolute Gasteiger partial charge is 0.493 e. The molecule has 4 rings (SSSR count). The molecule has 168 valence electrons. The number of halogens is 1. The number of carbonyl (C=O) groups is 1. The maximum Gasteiger partial charge on any atom is 0.250 e. The van der Waals surface area contributed by atoms with Crippen LogP contribution in [0.15, 0.2) is 76.2 Å². The predicted molar refractivity (Wildman–Crippen MR) is 130 cm³/mol. The lowest BCUT2D eigenvalue weighted by atomic mass is 10.2. The molecular weight excluding hydrogens is 461 g/mol. The van der Waals surface area contributed by atoms with E-state index in [9.17, 15) is 9.18 Å². The monoisotopic (exact) mass is 481 g/mol. The van der Waals surface area contributed by atoms with Crippen LogP contribution in [0.4, 0.5) is 4.39 Å². The van der Waals surface area contributed by atoms with Gasteiger partial charge in [0.25, 0.3) is 5.91 Å². The van der Waals surface area contributed by atoms with Gasteiger partial charge >= 0.3 is 0 Å². The highest BCUT2D eigenvalue weighted by Gasteiger charge is 2.08. The molecule has 1 amide bonds. The van der Waals surface area contributed by atoms with Gasteiger partial charge in [0.15, 0.2) is 15.8 Å². The van der Waals surface area contributed by atoms with Crippen LogP contribution in [0.25, 0.3) is 10.2 Å². The van der Waals surface area contributed by atoms with E-state index in [-0.39, 0.29) is 24.1 Å². The van der Waals surface area contributed by atoms with Crippen molar-refractivity contribution in [2.45, 2.75) is 10.9 Å². The molecule has 0 saturated carbocycles. The highest BCUT2D eigenvalue weighted by molar-refractivity contribution is 8.01. The molecule has 9 heteroatoms. The van der Waals surface area contributed by atoms with Crippen LogP contribution in [-0.4, -0.2) is 30.0 Å². The molecule has 0 radical (unpaired) electrons. The molecule has 0 aliphatic carbocycles. The first-order valence-electron chi connectivity index (χ1n) is 9.96. The number of nitrogens with one attached hydrogen (secondary N) is 1. The van der Waals surface area contributed by atoms with Gasteiger partial charge in [0.05, 0.1) is 29.3 Å². The van der Waals surface area contributed by atoms with Gasteiger partial charge in [0.2, 0.25) is 0 Å². The van der Waals surface area contributed by atoms with Crippen molar-refractivity contribution in [1.29, 1.82) is 0 Å². The number of amides is 1. The van der Waals surface area contributed by atoms with Gasteiger partial charge in [0.1, 0.15) is 12.4 Å². The number of nitrogens with zero attached hydrogens (tertiary/aromatic N) is 2. The molecule has 1 aromatic heterocycles. The molecule has 4 aromatic rings. The molecule has 0 saturated heterocycles. The number of hydrogen-bond acceptors (Lipinski definition) is 7. The van der Waals surface area contributed by atoms with Gasteiger partial charge in [-0.2, -0.15) is 5.10 Å². The zero-order valence-corrected chi connectivity index (χ0v) is 19.3. The molecule has 0 bridgehead atoms. The third-order valence-corrected chi connectivity index (χ3v) is 6.68. The second kappa shape index (κ2) is 10.9. The van der Waals surface area contributed by atoms with E-state index in [0.29, 0.717) is 11.5 Å². The summed E-state index contributed by atoms with van der Waals surface area (Å²) >= 11 is 2.94. The quantitative estimate of drug-likeness (QED) is 0.200. The second-order valence-electron chi connectivity index (χ2n) is 6.85. The normalized spacial score (nSPS) is 11.1. The maximum atomic E-state index is 13.0. The third kappa shape index (κ3) is 6.30. The summed E-state index contributed by atoms with van der Waals surface area (Å²) < 4.78 is 26.1.